The van der Waals surface area contributed by atoms with Crippen molar-refractivity contribution in [1.29, 1.82) is 0 Å². The van der Waals surface area contributed by atoms with Gasteiger partial charge in [0.05, 0.1) is 66.2 Å². The second-order valence-corrected chi connectivity index (χ2v) is 31.9. The molecule has 0 saturated carbocycles. The van der Waals surface area contributed by atoms with Crippen LogP contribution >= 0.6 is 0 Å². The first kappa shape index (κ1) is 66.4. The number of aromatic nitrogens is 6. The Morgan fingerprint density at radius 1 is 0.145 bits per heavy atom. The SMILES string of the molecule is CC1(C)c2ccccc2-c2ccc(-n3c4ccccc4c4cc(-c5ccc6c(c5)c5cc7c(cc5n6-c5ccccc5)c5ccccc5n7-c5ccccc5)ccc43)cc21.c1ccc(-c2ccc(-n3c4ccccc4c4cc(-c5ccc6c(c5)c5cc7c(cc5n6-c5ccccc5)c5ccccc5n7-c5ccccc5)ccc43)cc2)cc1. The van der Waals surface area contributed by atoms with Gasteiger partial charge in [0, 0.05) is 104 Å². The van der Waals surface area contributed by atoms with Gasteiger partial charge in [-0.1, -0.05) is 257 Å². The lowest BCUT2D eigenvalue weighted by Crippen LogP contribution is -2.15. The van der Waals surface area contributed by atoms with Crippen LogP contribution in [0.15, 0.2) is 413 Å². The highest BCUT2D eigenvalue weighted by Crippen LogP contribution is 2.51. The van der Waals surface area contributed by atoms with E-state index in [4.69, 9.17) is 0 Å². The summed E-state index contributed by atoms with van der Waals surface area (Å²) in [5.74, 6) is 0. The molecule has 0 saturated heterocycles. The van der Waals surface area contributed by atoms with E-state index in [0.717, 1.165) is 28.4 Å². The number of para-hydroxylation sites is 8. The first-order valence-electron chi connectivity index (χ1n) is 40.5. The Morgan fingerprint density at radius 2 is 0.385 bits per heavy atom. The molecule has 0 aliphatic heterocycles. The van der Waals surface area contributed by atoms with Crippen LogP contribution in [0.4, 0.5) is 0 Å². The summed E-state index contributed by atoms with van der Waals surface area (Å²) in [6.07, 6.45) is 0. The molecule has 0 unspecified atom stereocenters. The third-order valence-electron chi connectivity index (χ3n) is 25.2. The average Bonchev–Trinajstić information content (AvgIpc) is 1.56. The van der Waals surface area contributed by atoms with Gasteiger partial charge in [0.15, 0.2) is 0 Å². The van der Waals surface area contributed by atoms with Crippen molar-refractivity contribution >= 4 is 131 Å². The second-order valence-electron chi connectivity index (χ2n) is 31.9. The molecule has 548 valence electrons. The van der Waals surface area contributed by atoms with Crippen molar-refractivity contribution in [3.63, 3.8) is 0 Å². The zero-order valence-corrected chi connectivity index (χ0v) is 64.4. The van der Waals surface area contributed by atoms with Gasteiger partial charge in [-0.25, -0.2) is 0 Å². The molecule has 1 aliphatic rings. The Hall–Kier alpha value is -15.2. The summed E-state index contributed by atoms with van der Waals surface area (Å²) in [6.45, 7) is 4.72. The number of hydrogen-bond acceptors (Lipinski definition) is 0. The van der Waals surface area contributed by atoms with Crippen LogP contribution in [-0.2, 0) is 5.41 Å². The monoisotopic (exact) mass is 1490 g/mol. The highest BCUT2D eigenvalue weighted by Gasteiger charge is 2.36. The fourth-order valence-corrected chi connectivity index (χ4v) is 19.9. The molecule has 0 N–H and O–H groups in total. The summed E-state index contributed by atoms with van der Waals surface area (Å²) in [5, 5.41) is 15.0. The van der Waals surface area contributed by atoms with Gasteiger partial charge >= 0.3 is 0 Å². The van der Waals surface area contributed by atoms with Crippen molar-refractivity contribution in [2.45, 2.75) is 19.3 Å². The molecule has 0 radical (unpaired) electrons. The number of fused-ring (bicyclic) bond motifs is 21. The Labute approximate surface area is 675 Å². The van der Waals surface area contributed by atoms with E-state index in [1.165, 1.54) is 192 Å². The van der Waals surface area contributed by atoms with E-state index in [0.29, 0.717) is 0 Å². The molecule has 0 spiro atoms. The number of hydrogen-bond donors (Lipinski definition) is 0. The smallest absolute Gasteiger partial charge is 0.0548 e. The average molecular weight is 1490 g/mol. The largest absolute Gasteiger partial charge is 0.309 e. The molecular weight excluding hydrogens is 1420 g/mol. The minimum atomic E-state index is -0.0694. The Morgan fingerprint density at radius 3 is 0.761 bits per heavy atom. The molecule has 0 bridgehead atoms. The molecule has 18 aromatic carbocycles. The van der Waals surface area contributed by atoms with Gasteiger partial charge in [-0.05, 0) is 225 Å². The Bertz CT molecular complexity index is 8170. The minimum Gasteiger partial charge on any atom is -0.309 e. The zero-order valence-electron chi connectivity index (χ0n) is 64.4. The van der Waals surface area contributed by atoms with Crippen LogP contribution in [0.25, 0.3) is 209 Å². The van der Waals surface area contributed by atoms with E-state index in [-0.39, 0.29) is 5.41 Å². The maximum atomic E-state index is 2.46. The van der Waals surface area contributed by atoms with Gasteiger partial charge in [-0.3, -0.25) is 0 Å². The van der Waals surface area contributed by atoms with Crippen molar-refractivity contribution in [3.8, 4) is 78.6 Å². The quantitative estimate of drug-likeness (QED) is 0.138. The molecular formula is C111H74N6. The maximum Gasteiger partial charge on any atom is 0.0548 e. The van der Waals surface area contributed by atoms with Crippen LogP contribution in [0.5, 0.6) is 0 Å². The summed E-state index contributed by atoms with van der Waals surface area (Å²) in [5.41, 5.74) is 34.1. The highest BCUT2D eigenvalue weighted by atomic mass is 15.0. The zero-order chi connectivity index (χ0) is 77.1. The van der Waals surface area contributed by atoms with E-state index < -0.39 is 0 Å². The molecule has 0 atom stereocenters. The topological polar surface area (TPSA) is 29.6 Å². The molecule has 117 heavy (non-hydrogen) atoms. The van der Waals surface area contributed by atoms with Gasteiger partial charge in [-0.2, -0.15) is 0 Å². The first-order valence-corrected chi connectivity index (χ1v) is 40.5. The van der Waals surface area contributed by atoms with Crippen LogP contribution in [0.3, 0.4) is 0 Å². The third-order valence-corrected chi connectivity index (χ3v) is 25.2. The summed E-state index contributed by atoms with van der Waals surface area (Å²) in [4.78, 5) is 0. The molecule has 6 heteroatoms. The molecule has 0 amide bonds. The van der Waals surface area contributed by atoms with E-state index in [9.17, 15) is 0 Å². The minimum absolute atomic E-state index is 0.0694. The molecule has 24 aromatic rings. The first-order chi connectivity index (χ1) is 57.8. The number of rotatable bonds is 9. The van der Waals surface area contributed by atoms with Crippen LogP contribution in [0.1, 0.15) is 25.0 Å². The maximum absolute atomic E-state index is 2.46. The van der Waals surface area contributed by atoms with Crippen molar-refractivity contribution in [2.75, 3.05) is 0 Å². The molecule has 0 fully saturated rings. The normalized spacial score (nSPS) is 12.6. The predicted molar refractivity (Wildman–Crippen MR) is 493 cm³/mol. The van der Waals surface area contributed by atoms with E-state index >= 15 is 0 Å². The fraction of sp³-hybridized carbons (Fsp3) is 0.0270. The summed E-state index contributed by atoms with van der Waals surface area (Å²) < 4.78 is 14.6. The van der Waals surface area contributed by atoms with Gasteiger partial charge in [0.25, 0.3) is 0 Å². The highest BCUT2D eigenvalue weighted by molar-refractivity contribution is 6.22. The molecule has 25 rings (SSSR count). The van der Waals surface area contributed by atoms with Crippen LogP contribution in [0.2, 0.25) is 0 Å². The Kier molecular flexibility index (Phi) is 14.7. The summed E-state index contributed by atoms with van der Waals surface area (Å²) in [6, 6.07) is 152. The van der Waals surface area contributed by atoms with Crippen LogP contribution in [-0.4, -0.2) is 27.4 Å². The summed E-state index contributed by atoms with van der Waals surface area (Å²) in [7, 11) is 0. The molecule has 6 nitrogen and oxygen atoms in total. The fourth-order valence-electron chi connectivity index (χ4n) is 19.9. The van der Waals surface area contributed by atoms with Gasteiger partial charge in [-0.15, -0.1) is 0 Å². The van der Waals surface area contributed by atoms with E-state index in [2.05, 4.69) is 454 Å². The lowest BCUT2D eigenvalue weighted by molar-refractivity contribution is 0.660. The van der Waals surface area contributed by atoms with Gasteiger partial charge in [0.1, 0.15) is 0 Å². The number of benzene rings is 18. The molecule has 6 heterocycles. The Balaban J connectivity index is 0.000000134. The van der Waals surface area contributed by atoms with Crippen molar-refractivity contribution in [1.82, 2.24) is 27.4 Å². The van der Waals surface area contributed by atoms with Gasteiger partial charge in [0.2, 0.25) is 0 Å². The third kappa shape index (κ3) is 10.2. The van der Waals surface area contributed by atoms with E-state index in [1.54, 1.807) is 0 Å². The molecule has 1 aliphatic carbocycles. The second kappa shape index (κ2) is 25.9. The lowest BCUT2D eigenvalue weighted by atomic mass is 9.82. The van der Waals surface area contributed by atoms with Crippen molar-refractivity contribution in [3.05, 3.63) is 424 Å². The lowest BCUT2D eigenvalue weighted by Gasteiger charge is -2.22. The van der Waals surface area contributed by atoms with Crippen LogP contribution < -0.4 is 0 Å². The number of nitrogens with zero attached hydrogens (tertiary/aromatic N) is 6. The van der Waals surface area contributed by atoms with Crippen molar-refractivity contribution in [2.24, 2.45) is 0 Å². The predicted octanol–water partition coefficient (Wildman–Crippen LogP) is 29.3. The van der Waals surface area contributed by atoms with E-state index in [1.807, 2.05) is 0 Å². The van der Waals surface area contributed by atoms with Crippen molar-refractivity contribution < 1.29 is 0 Å². The molecule has 6 aromatic heterocycles. The van der Waals surface area contributed by atoms with Crippen LogP contribution in [0, 0.1) is 0 Å². The van der Waals surface area contributed by atoms with Gasteiger partial charge < -0.3 is 27.4 Å². The standard InChI is InChI=1S/C57H39N3.C54H35N3/c1-57(2)49-22-12-9-19-41(49)42-28-27-40(33-50(42)57)60-52-24-14-10-20-43(52)45-31-36(25-29-53(45)60)37-26-30-54-46(32-37)48-35-55-47(34-56(48)59(54)39-17-7-4-8-18-39)44-21-11-13-23-51(44)58(55)38-15-5-3-6-16-38;1-4-14-36(15-5-1)37-24-28-42(29-25-37)55-49-22-12-10-20-43(49)45-32-38(26-30-51(45)55)39-27-31-52-46(33-39)48-35-53-47(34-54(48)57(52)41-18-8-3-9-19-41)44-21-11-13-23-50(44)56(53)40-16-6-2-7-17-40/h3-35H,1-2H3;1-35H. The summed E-state index contributed by atoms with van der Waals surface area (Å²) >= 11 is 0.